The van der Waals surface area contributed by atoms with Crippen LogP contribution in [0.15, 0.2) is 29.4 Å². The molecule has 0 aliphatic rings. The van der Waals surface area contributed by atoms with Gasteiger partial charge in [-0.2, -0.15) is 0 Å². The predicted octanol–water partition coefficient (Wildman–Crippen LogP) is 2.22. The second kappa shape index (κ2) is 6.64. The van der Waals surface area contributed by atoms with E-state index in [0.29, 0.717) is 18.1 Å². The van der Waals surface area contributed by atoms with Crippen LogP contribution in [0, 0.1) is 0 Å². The van der Waals surface area contributed by atoms with E-state index in [-0.39, 0.29) is 0 Å². The highest BCUT2D eigenvalue weighted by Gasteiger charge is 2.15. The summed E-state index contributed by atoms with van der Waals surface area (Å²) in [6, 6.07) is 6.92. The Labute approximate surface area is 106 Å². The number of hydrogen-bond donors (Lipinski definition) is 1. The SMILES string of the molecule is CCOC(=O)C(C)Oc1ccc(/C(C)=N/O)cc1. The maximum absolute atomic E-state index is 11.4. The Morgan fingerprint density at radius 1 is 1.39 bits per heavy atom. The average molecular weight is 251 g/mol. The molecule has 1 N–H and O–H groups in total. The molecule has 0 fully saturated rings. The molecule has 0 aliphatic carbocycles. The van der Waals surface area contributed by atoms with E-state index in [1.807, 2.05) is 0 Å². The van der Waals surface area contributed by atoms with Gasteiger partial charge in [0.25, 0.3) is 0 Å². The van der Waals surface area contributed by atoms with E-state index in [0.717, 1.165) is 5.56 Å². The van der Waals surface area contributed by atoms with Gasteiger partial charge >= 0.3 is 5.97 Å². The van der Waals surface area contributed by atoms with E-state index in [2.05, 4.69) is 5.16 Å². The van der Waals surface area contributed by atoms with Crippen LogP contribution in [-0.2, 0) is 9.53 Å². The van der Waals surface area contributed by atoms with Gasteiger partial charge in [-0.25, -0.2) is 4.79 Å². The summed E-state index contributed by atoms with van der Waals surface area (Å²) in [6.45, 7) is 5.40. The van der Waals surface area contributed by atoms with Crippen molar-refractivity contribution in [2.24, 2.45) is 5.16 Å². The van der Waals surface area contributed by atoms with Crippen LogP contribution >= 0.6 is 0 Å². The van der Waals surface area contributed by atoms with Crippen LogP contribution in [0.2, 0.25) is 0 Å². The van der Waals surface area contributed by atoms with Gasteiger partial charge in [-0.3, -0.25) is 0 Å². The summed E-state index contributed by atoms with van der Waals surface area (Å²) in [6.07, 6.45) is -0.650. The van der Waals surface area contributed by atoms with Gasteiger partial charge in [-0.05, 0) is 50.6 Å². The Morgan fingerprint density at radius 2 is 2.00 bits per heavy atom. The molecule has 0 saturated heterocycles. The van der Waals surface area contributed by atoms with Crippen LogP contribution in [0.3, 0.4) is 0 Å². The molecule has 0 radical (unpaired) electrons. The first-order chi connectivity index (χ1) is 8.58. The summed E-state index contributed by atoms with van der Waals surface area (Å²) in [5.41, 5.74) is 1.30. The average Bonchev–Trinajstić information content (AvgIpc) is 2.39. The van der Waals surface area contributed by atoms with Crippen molar-refractivity contribution in [3.63, 3.8) is 0 Å². The zero-order valence-electron chi connectivity index (χ0n) is 10.7. The van der Waals surface area contributed by atoms with Crippen molar-refractivity contribution in [1.82, 2.24) is 0 Å². The van der Waals surface area contributed by atoms with Crippen LogP contribution in [0.1, 0.15) is 26.3 Å². The Balaban J connectivity index is 2.66. The van der Waals surface area contributed by atoms with Gasteiger partial charge in [0.1, 0.15) is 5.75 Å². The number of oxime groups is 1. The summed E-state index contributed by atoms with van der Waals surface area (Å²) in [5.74, 6) is 0.166. The van der Waals surface area contributed by atoms with Crippen LogP contribution < -0.4 is 4.74 Å². The summed E-state index contributed by atoms with van der Waals surface area (Å²) in [5, 5.41) is 11.7. The van der Waals surface area contributed by atoms with Gasteiger partial charge in [0.15, 0.2) is 6.10 Å². The molecule has 5 heteroatoms. The Morgan fingerprint density at radius 3 is 2.50 bits per heavy atom. The zero-order valence-corrected chi connectivity index (χ0v) is 10.7. The third-order valence-electron chi connectivity index (χ3n) is 2.35. The van der Waals surface area contributed by atoms with Gasteiger partial charge in [-0.1, -0.05) is 5.16 Å². The van der Waals surface area contributed by atoms with E-state index in [9.17, 15) is 4.79 Å². The minimum absolute atomic E-state index is 0.331. The lowest BCUT2D eigenvalue weighted by Gasteiger charge is -2.13. The Kier molecular flexibility index (Phi) is 5.17. The van der Waals surface area contributed by atoms with Crippen molar-refractivity contribution >= 4 is 11.7 Å². The molecule has 5 nitrogen and oxygen atoms in total. The van der Waals surface area contributed by atoms with E-state index >= 15 is 0 Å². The van der Waals surface area contributed by atoms with Crippen LogP contribution in [-0.4, -0.2) is 29.6 Å². The molecule has 0 spiro atoms. The fourth-order valence-corrected chi connectivity index (χ4v) is 1.34. The van der Waals surface area contributed by atoms with Crippen molar-refractivity contribution in [2.75, 3.05) is 6.61 Å². The van der Waals surface area contributed by atoms with E-state index < -0.39 is 12.1 Å². The normalized spacial score (nSPS) is 12.9. The van der Waals surface area contributed by atoms with E-state index in [1.54, 1.807) is 45.0 Å². The van der Waals surface area contributed by atoms with Crippen LogP contribution in [0.4, 0.5) is 0 Å². The second-order valence-electron chi connectivity index (χ2n) is 3.72. The van der Waals surface area contributed by atoms with Crippen molar-refractivity contribution < 1.29 is 19.5 Å². The number of carbonyl (C=O) groups is 1. The standard InChI is InChI=1S/C13H17NO4/c1-4-17-13(15)10(3)18-12-7-5-11(6-8-12)9(2)14-16/h5-8,10,16H,4H2,1-3H3/b14-9+. The Bertz CT molecular complexity index is 425. The monoisotopic (exact) mass is 251 g/mol. The first-order valence-electron chi connectivity index (χ1n) is 5.70. The predicted molar refractivity (Wildman–Crippen MR) is 67.2 cm³/mol. The molecule has 0 saturated carbocycles. The number of esters is 1. The van der Waals surface area contributed by atoms with Crippen LogP contribution in [0.5, 0.6) is 5.75 Å². The minimum Gasteiger partial charge on any atom is -0.479 e. The molecule has 0 aliphatic heterocycles. The summed E-state index contributed by atoms with van der Waals surface area (Å²) < 4.78 is 10.3. The molecule has 0 aromatic heterocycles. The number of nitrogens with zero attached hydrogens (tertiary/aromatic N) is 1. The molecule has 1 unspecified atom stereocenters. The quantitative estimate of drug-likeness (QED) is 0.377. The molecule has 98 valence electrons. The van der Waals surface area contributed by atoms with E-state index in [1.165, 1.54) is 0 Å². The highest BCUT2D eigenvalue weighted by Crippen LogP contribution is 2.15. The fourth-order valence-electron chi connectivity index (χ4n) is 1.34. The van der Waals surface area contributed by atoms with Crippen molar-refractivity contribution in [1.29, 1.82) is 0 Å². The zero-order chi connectivity index (χ0) is 13.5. The van der Waals surface area contributed by atoms with Gasteiger partial charge in [0.05, 0.1) is 12.3 Å². The molecule has 1 aromatic carbocycles. The third-order valence-corrected chi connectivity index (χ3v) is 2.35. The maximum atomic E-state index is 11.4. The van der Waals surface area contributed by atoms with Gasteiger partial charge < -0.3 is 14.7 Å². The van der Waals surface area contributed by atoms with Gasteiger partial charge in [0, 0.05) is 0 Å². The lowest BCUT2D eigenvalue weighted by molar-refractivity contribution is -0.150. The largest absolute Gasteiger partial charge is 0.479 e. The number of rotatable bonds is 5. The summed E-state index contributed by atoms with van der Waals surface area (Å²) in [4.78, 5) is 11.4. The maximum Gasteiger partial charge on any atom is 0.347 e. The second-order valence-corrected chi connectivity index (χ2v) is 3.72. The van der Waals surface area contributed by atoms with Gasteiger partial charge in [-0.15, -0.1) is 0 Å². The Hall–Kier alpha value is -2.04. The van der Waals surface area contributed by atoms with Crippen molar-refractivity contribution in [2.45, 2.75) is 26.9 Å². The summed E-state index contributed by atoms with van der Waals surface area (Å²) in [7, 11) is 0. The molecular formula is C13H17NO4. The molecule has 1 rings (SSSR count). The first kappa shape index (κ1) is 14.0. The van der Waals surface area contributed by atoms with Gasteiger partial charge in [0.2, 0.25) is 0 Å². The van der Waals surface area contributed by atoms with Crippen molar-refractivity contribution in [3.05, 3.63) is 29.8 Å². The fraction of sp³-hybridized carbons (Fsp3) is 0.385. The highest BCUT2D eigenvalue weighted by atomic mass is 16.6. The van der Waals surface area contributed by atoms with Crippen LogP contribution in [0.25, 0.3) is 0 Å². The molecule has 0 bridgehead atoms. The molecular weight excluding hydrogens is 234 g/mol. The molecule has 1 aromatic rings. The lowest BCUT2D eigenvalue weighted by atomic mass is 10.1. The molecule has 18 heavy (non-hydrogen) atoms. The topological polar surface area (TPSA) is 68.1 Å². The number of hydrogen-bond acceptors (Lipinski definition) is 5. The molecule has 0 heterocycles. The lowest BCUT2D eigenvalue weighted by Crippen LogP contribution is -2.26. The highest BCUT2D eigenvalue weighted by molar-refractivity contribution is 5.98. The third kappa shape index (κ3) is 3.76. The minimum atomic E-state index is -0.650. The molecule has 1 atom stereocenters. The molecule has 0 amide bonds. The smallest absolute Gasteiger partial charge is 0.347 e. The summed E-state index contributed by atoms with van der Waals surface area (Å²) >= 11 is 0. The van der Waals surface area contributed by atoms with Crippen molar-refractivity contribution in [3.8, 4) is 5.75 Å². The number of carbonyl (C=O) groups excluding carboxylic acids is 1. The first-order valence-corrected chi connectivity index (χ1v) is 5.70. The van der Waals surface area contributed by atoms with E-state index in [4.69, 9.17) is 14.7 Å². The number of ether oxygens (including phenoxy) is 2. The number of benzene rings is 1.